The summed E-state index contributed by atoms with van der Waals surface area (Å²) < 4.78 is 13.0. The Balaban J connectivity index is 2.40. The van der Waals surface area contributed by atoms with Gasteiger partial charge in [-0.2, -0.15) is 11.8 Å². The third kappa shape index (κ3) is 1.77. The number of aromatic amines is 1. The van der Waals surface area contributed by atoms with Crippen molar-refractivity contribution < 1.29 is 4.39 Å². The molecule has 1 aromatic carbocycles. The quantitative estimate of drug-likeness (QED) is 0.817. The van der Waals surface area contributed by atoms with Gasteiger partial charge in [-0.15, -0.1) is 0 Å². The summed E-state index contributed by atoms with van der Waals surface area (Å²) in [5, 5.41) is 1.01. The highest BCUT2D eigenvalue weighted by Crippen LogP contribution is 2.23. The minimum atomic E-state index is -0.167. The molecule has 0 saturated carbocycles. The van der Waals surface area contributed by atoms with Crippen molar-refractivity contribution in [3.63, 3.8) is 0 Å². The zero-order valence-electron chi connectivity index (χ0n) is 8.01. The lowest BCUT2D eigenvalue weighted by molar-refractivity contribution is 0.629. The smallest absolute Gasteiger partial charge is 0.123 e. The van der Waals surface area contributed by atoms with Gasteiger partial charge in [-0.1, -0.05) is 6.92 Å². The van der Waals surface area contributed by atoms with Crippen molar-refractivity contribution >= 4 is 22.7 Å². The van der Waals surface area contributed by atoms with E-state index in [-0.39, 0.29) is 5.82 Å². The van der Waals surface area contributed by atoms with Gasteiger partial charge in [-0.3, -0.25) is 0 Å². The van der Waals surface area contributed by atoms with Gasteiger partial charge in [0.1, 0.15) is 5.82 Å². The molecule has 0 aliphatic heterocycles. The van der Waals surface area contributed by atoms with Gasteiger partial charge in [0.15, 0.2) is 0 Å². The number of H-pyrrole nitrogens is 1. The van der Waals surface area contributed by atoms with Crippen molar-refractivity contribution in [2.24, 2.45) is 0 Å². The molecular weight excluding hydrogens is 197 g/mol. The molecule has 2 rings (SSSR count). The number of hydrogen-bond acceptors (Lipinski definition) is 1. The monoisotopic (exact) mass is 209 g/mol. The number of benzene rings is 1. The van der Waals surface area contributed by atoms with Gasteiger partial charge < -0.3 is 4.98 Å². The number of nitrogens with one attached hydrogen (secondary N) is 1. The standard InChI is InChI=1S/C11H12FNS/c1-2-14-7-8-6-13-11-4-3-9(12)5-10(8)11/h3-6,13H,2,7H2,1H3. The molecule has 0 saturated heterocycles. The molecule has 1 N–H and O–H groups in total. The molecule has 0 atom stereocenters. The summed E-state index contributed by atoms with van der Waals surface area (Å²) >= 11 is 1.84. The second-order valence-corrected chi connectivity index (χ2v) is 4.42. The maximum atomic E-state index is 13.0. The van der Waals surface area contributed by atoms with Crippen LogP contribution in [0.25, 0.3) is 10.9 Å². The Kier molecular flexibility index (Phi) is 2.77. The van der Waals surface area contributed by atoms with E-state index in [4.69, 9.17) is 0 Å². The molecule has 0 aliphatic carbocycles. The van der Waals surface area contributed by atoms with E-state index in [1.807, 2.05) is 18.0 Å². The second-order valence-electron chi connectivity index (χ2n) is 3.14. The molecule has 2 aromatic rings. The number of rotatable bonds is 3. The predicted molar refractivity (Wildman–Crippen MR) is 60.1 cm³/mol. The Morgan fingerprint density at radius 2 is 2.29 bits per heavy atom. The maximum absolute atomic E-state index is 13.0. The molecular formula is C11H12FNS. The van der Waals surface area contributed by atoms with E-state index in [2.05, 4.69) is 11.9 Å². The van der Waals surface area contributed by atoms with Gasteiger partial charge in [0, 0.05) is 22.9 Å². The van der Waals surface area contributed by atoms with Crippen LogP contribution in [-0.2, 0) is 5.75 Å². The largest absolute Gasteiger partial charge is 0.361 e. The predicted octanol–water partition coefficient (Wildman–Crippen LogP) is 3.56. The van der Waals surface area contributed by atoms with Crippen LogP contribution in [-0.4, -0.2) is 10.7 Å². The summed E-state index contributed by atoms with van der Waals surface area (Å²) in [6.07, 6.45) is 1.97. The van der Waals surface area contributed by atoms with Crippen molar-refractivity contribution in [2.45, 2.75) is 12.7 Å². The lowest BCUT2D eigenvalue weighted by atomic mass is 10.2. The summed E-state index contributed by atoms with van der Waals surface area (Å²) in [6, 6.07) is 4.86. The van der Waals surface area contributed by atoms with Crippen molar-refractivity contribution in [2.75, 3.05) is 5.75 Å². The fraction of sp³-hybridized carbons (Fsp3) is 0.273. The molecule has 0 fully saturated rings. The summed E-state index contributed by atoms with van der Waals surface area (Å²) in [5.74, 6) is 1.86. The molecule has 14 heavy (non-hydrogen) atoms. The van der Waals surface area contributed by atoms with Crippen LogP contribution in [0.1, 0.15) is 12.5 Å². The fourth-order valence-electron chi connectivity index (χ4n) is 1.48. The number of aromatic nitrogens is 1. The number of thioether (sulfide) groups is 1. The Bertz CT molecular complexity index is 436. The Hall–Kier alpha value is -0.960. The van der Waals surface area contributed by atoms with Crippen LogP contribution in [0.5, 0.6) is 0 Å². The lowest BCUT2D eigenvalue weighted by Gasteiger charge is -1.97. The van der Waals surface area contributed by atoms with Crippen LogP contribution in [0, 0.1) is 5.82 Å². The van der Waals surface area contributed by atoms with Gasteiger partial charge in [0.2, 0.25) is 0 Å². The molecule has 3 heteroatoms. The average molecular weight is 209 g/mol. The highest BCUT2D eigenvalue weighted by atomic mass is 32.2. The van der Waals surface area contributed by atoms with Crippen LogP contribution in [0.4, 0.5) is 4.39 Å². The zero-order chi connectivity index (χ0) is 9.97. The van der Waals surface area contributed by atoms with Crippen LogP contribution >= 0.6 is 11.8 Å². The minimum absolute atomic E-state index is 0.167. The first kappa shape index (κ1) is 9.59. The Morgan fingerprint density at radius 3 is 3.07 bits per heavy atom. The summed E-state index contributed by atoms with van der Waals surface area (Å²) in [6.45, 7) is 2.13. The summed E-state index contributed by atoms with van der Waals surface area (Å²) in [7, 11) is 0. The molecule has 1 heterocycles. The molecule has 1 nitrogen and oxygen atoms in total. The van der Waals surface area contributed by atoms with E-state index in [0.717, 1.165) is 22.4 Å². The molecule has 74 valence electrons. The molecule has 0 radical (unpaired) electrons. The first-order valence-electron chi connectivity index (χ1n) is 4.64. The van der Waals surface area contributed by atoms with Crippen molar-refractivity contribution in [3.8, 4) is 0 Å². The molecule has 0 unspecified atom stereocenters. The van der Waals surface area contributed by atoms with Crippen molar-refractivity contribution in [1.29, 1.82) is 0 Å². The number of fused-ring (bicyclic) bond motifs is 1. The van der Waals surface area contributed by atoms with E-state index in [1.54, 1.807) is 12.1 Å². The normalized spacial score (nSPS) is 11.0. The third-order valence-corrected chi connectivity index (χ3v) is 3.11. The van der Waals surface area contributed by atoms with Crippen molar-refractivity contribution in [1.82, 2.24) is 4.98 Å². The van der Waals surface area contributed by atoms with E-state index in [1.165, 1.54) is 11.6 Å². The number of halogens is 1. The third-order valence-electron chi connectivity index (χ3n) is 2.19. The van der Waals surface area contributed by atoms with Gasteiger partial charge in [0.05, 0.1) is 0 Å². The van der Waals surface area contributed by atoms with E-state index < -0.39 is 0 Å². The lowest BCUT2D eigenvalue weighted by Crippen LogP contribution is -1.79. The van der Waals surface area contributed by atoms with E-state index >= 15 is 0 Å². The molecule has 0 spiro atoms. The topological polar surface area (TPSA) is 15.8 Å². The van der Waals surface area contributed by atoms with E-state index in [9.17, 15) is 4.39 Å². The highest BCUT2D eigenvalue weighted by molar-refractivity contribution is 7.98. The Morgan fingerprint density at radius 1 is 1.43 bits per heavy atom. The molecule has 1 aromatic heterocycles. The Labute approximate surface area is 86.7 Å². The van der Waals surface area contributed by atoms with Gasteiger partial charge in [-0.25, -0.2) is 4.39 Å². The summed E-state index contributed by atoms with van der Waals surface area (Å²) in [5.41, 5.74) is 2.20. The fourth-order valence-corrected chi connectivity index (χ4v) is 2.14. The van der Waals surface area contributed by atoms with Crippen LogP contribution in [0.2, 0.25) is 0 Å². The zero-order valence-corrected chi connectivity index (χ0v) is 8.83. The van der Waals surface area contributed by atoms with Crippen LogP contribution in [0.3, 0.4) is 0 Å². The highest BCUT2D eigenvalue weighted by Gasteiger charge is 2.03. The van der Waals surface area contributed by atoms with E-state index in [0.29, 0.717) is 0 Å². The van der Waals surface area contributed by atoms with Gasteiger partial charge >= 0.3 is 0 Å². The average Bonchev–Trinajstić information content (AvgIpc) is 2.57. The van der Waals surface area contributed by atoms with Gasteiger partial charge in [-0.05, 0) is 29.5 Å². The van der Waals surface area contributed by atoms with Crippen LogP contribution < -0.4 is 0 Å². The SMILES string of the molecule is CCSCc1c[nH]c2ccc(F)cc12. The second kappa shape index (κ2) is 4.05. The van der Waals surface area contributed by atoms with Crippen LogP contribution in [0.15, 0.2) is 24.4 Å². The van der Waals surface area contributed by atoms with Gasteiger partial charge in [0.25, 0.3) is 0 Å². The van der Waals surface area contributed by atoms with Crippen molar-refractivity contribution in [3.05, 3.63) is 35.8 Å². The molecule has 0 aliphatic rings. The summed E-state index contributed by atoms with van der Waals surface area (Å²) in [4.78, 5) is 3.14. The first-order chi connectivity index (χ1) is 6.81. The molecule has 0 amide bonds. The molecule has 0 bridgehead atoms. The number of hydrogen-bond donors (Lipinski definition) is 1. The minimum Gasteiger partial charge on any atom is -0.361 e. The maximum Gasteiger partial charge on any atom is 0.123 e. The first-order valence-corrected chi connectivity index (χ1v) is 5.80.